The Morgan fingerprint density at radius 1 is 1.00 bits per heavy atom. The molecule has 0 heterocycles. The van der Waals surface area contributed by atoms with E-state index in [0.29, 0.717) is 23.0 Å². The minimum atomic E-state index is -1.29. The third kappa shape index (κ3) is 5.14. The Morgan fingerprint density at radius 2 is 1.67 bits per heavy atom. The number of hydrogen-bond acceptors (Lipinski definition) is 4. The molecule has 6 nitrogen and oxygen atoms in total. The second-order valence-electron chi connectivity index (χ2n) is 6.45. The first-order valence-corrected chi connectivity index (χ1v) is 8.72. The summed E-state index contributed by atoms with van der Waals surface area (Å²) in [5.74, 6) is 0.342. The molecule has 2 amide bonds. The Kier molecular flexibility index (Phi) is 6.69. The Morgan fingerprint density at radius 3 is 2.26 bits per heavy atom. The highest BCUT2D eigenvalue weighted by atomic mass is 35.5. The van der Waals surface area contributed by atoms with E-state index < -0.39 is 17.2 Å². The van der Waals surface area contributed by atoms with Crippen LogP contribution in [0.3, 0.4) is 0 Å². The number of hydrogen-bond donors (Lipinski definition) is 2. The van der Waals surface area contributed by atoms with Crippen LogP contribution in [0, 0.1) is 5.41 Å². The number of carbonyl (C=O) groups excluding carboxylic acids is 2. The van der Waals surface area contributed by atoms with Crippen LogP contribution in [0.15, 0.2) is 42.5 Å². The van der Waals surface area contributed by atoms with Crippen molar-refractivity contribution >= 4 is 29.1 Å². The molecule has 0 atom stereocenters. The molecule has 0 aromatic heterocycles. The van der Waals surface area contributed by atoms with Gasteiger partial charge in [-0.05, 0) is 49.7 Å². The number of carbonyl (C=O) groups is 2. The molecule has 0 fully saturated rings. The third-order valence-electron chi connectivity index (χ3n) is 4.16. The molecule has 0 spiro atoms. The molecule has 0 saturated carbocycles. The minimum absolute atomic E-state index is 0.306. The van der Waals surface area contributed by atoms with Crippen molar-refractivity contribution in [3.8, 4) is 11.5 Å². The zero-order valence-electron chi connectivity index (χ0n) is 15.8. The van der Waals surface area contributed by atoms with Gasteiger partial charge >= 0.3 is 0 Å². The van der Waals surface area contributed by atoms with Crippen molar-refractivity contribution in [3.05, 3.63) is 53.1 Å². The summed E-state index contributed by atoms with van der Waals surface area (Å²) >= 11 is 5.98. The molecule has 0 saturated heterocycles. The maximum atomic E-state index is 12.7. The van der Waals surface area contributed by atoms with Crippen molar-refractivity contribution in [2.24, 2.45) is 5.41 Å². The lowest BCUT2D eigenvalue weighted by Crippen LogP contribution is -2.44. The number of methoxy groups -OCH3 is 2. The predicted molar refractivity (Wildman–Crippen MR) is 105 cm³/mol. The lowest BCUT2D eigenvalue weighted by atomic mass is 9.90. The number of rotatable bonds is 7. The van der Waals surface area contributed by atoms with Gasteiger partial charge in [0.05, 0.1) is 19.9 Å². The zero-order valence-corrected chi connectivity index (χ0v) is 16.5. The van der Waals surface area contributed by atoms with Gasteiger partial charge in [-0.3, -0.25) is 9.59 Å². The normalized spacial score (nSPS) is 10.9. The second kappa shape index (κ2) is 8.77. The van der Waals surface area contributed by atoms with E-state index in [4.69, 9.17) is 21.1 Å². The predicted octanol–water partition coefficient (Wildman–Crippen LogP) is 3.64. The standard InChI is InChI=1S/C20H23ClN2O4/c1-20(2,18(24)22-12-13-5-8-15(26-3)9-6-13)19(25)23-16-11-14(21)7-10-17(16)27-4/h5-11H,12H2,1-4H3,(H,22,24)(H,23,25). The number of amides is 2. The monoisotopic (exact) mass is 390 g/mol. The molecule has 27 heavy (non-hydrogen) atoms. The fourth-order valence-electron chi connectivity index (χ4n) is 2.31. The first-order valence-electron chi connectivity index (χ1n) is 8.34. The van der Waals surface area contributed by atoms with Gasteiger partial charge in [-0.2, -0.15) is 0 Å². The number of anilines is 1. The van der Waals surface area contributed by atoms with Crippen molar-refractivity contribution in [1.82, 2.24) is 5.32 Å². The lowest BCUT2D eigenvalue weighted by molar-refractivity contribution is -0.138. The van der Waals surface area contributed by atoms with Gasteiger partial charge in [0.15, 0.2) is 0 Å². The van der Waals surface area contributed by atoms with E-state index in [0.717, 1.165) is 11.3 Å². The molecule has 0 bridgehead atoms. The molecule has 2 aromatic rings. The van der Waals surface area contributed by atoms with Crippen LogP contribution in [-0.2, 0) is 16.1 Å². The van der Waals surface area contributed by atoms with Gasteiger partial charge in [-0.1, -0.05) is 23.7 Å². The Bertz CT molecular complexity index is 819. The van der Waals surface area contributed by atoms with Gasteiger partial charge in [-0.15, -0.1) is 0 Å². The molecule has 2 aromatic carbocycles. The molecule has 0 radical (unpaired) electrons. The van der Waals surface area contributed by atoms with Crippen LogP contribution >= 0.6 is 11.6 Å². The minimum Gasteiger partial charge on any atom is -0.497 e. The van der Waals surface area contributed by atoms with Crippen molar-refractivity contribution in [3.63, 3.8) is 0 Å². The summed E-state index contributed by atoms with van der Waals surface area (Å²) in [6.45, 7) is 3.42. The average Bonchev–Trinajstić information content (AvgIpc) is 2.66. The summed E-state index contributed by atoms with van der Waals surface area (Å²) in [5, 5.41) is 5.95. The summed E-state index contributed by atoms with van der Waals surface area (Å²) in [4.78, 5) is 25.2. The summed E-state index contributed by atoms with van der Waals surface area (Å²) in [7, 11) is 3.08. The Hall–Kier alpha value is -2.73. The highest BCUT2D eigenvalue weighted by Gasteiger charge is 2.36. The van der Waals surface area contributed by atoms with E-state index in [1.165, 1.54) is 7.11 Å². The molecule has 0 unspecified atom stereocenters. The average molecular weight is 391 g/mol. The van der Waals surface area contributed by atoms with Gasteiger partial charge in [-0.25, -0.2) is 0 Å². The van der Waals surface area contributed by atoms with Gasteiger partial charge in [0.2, 0.25) is 11.8 Å². The van der Waals surface area contributed by atoms with Crippen LogP contribution in [0.4, 0.5) is 5.69 Å². The fraction of sp³-hybridized carbons (Fsp3) is 0.300. The Labute approximate surface area is 163 Å². The van der Waals surface area contributed by atoms with E-state index in [1.807, 2.05) is 24.3 Å². The van der Waals surface area contributed by atoms with E-state index in [9.17, 15) is 9.59 Å². The van der Waals surface area contributed by atoms with Gasteiger partial charge in [0.1, 0.15) is 16.9 Å². The summed E-state index contributed by atoms with van der Waals surface area (Å²) in [5.41, 5.74) is 0.0164. The van der Waals surface area contributed by atoms with Crippen molar-refractivity contribution in [1.29, 1.82) is 0 Å². The van der Waals surface area contributed by atoms with Crippen LogP contribution in [0.1, 0.15) is 19.4 Å². The Balaban J connectivity index is 2.03. The van der Waals surface area contributed by atoms with E-state index in [1.54, 1.807) is 39.2 Å². The summed E-state index contributed by atoms with van der Waals surface area (Å²) in [6, 6.07) is 12.2. The molecule has 0 aliphatic carbocycles. The van der Waals surface area contributed by atoms with Crippen molar-refractivity contribution < 1.29 is 19.1 Å². The summed E-state index contributed by atoms with van der Waals surface area (Å²) in [6.07, 6.45) is 0. The topological polar surface area (TPSA) is 76.7 Å². The highest BCUT2D eigenvalue weighted by Crippen LogP contribution is 2.29. The molecule has 144 valence electrons. The maximum absolute atomic E-state index is 12.7. The van der Waals surface area contributed by atoms with Crippen LogP contribution in [0.25, 0.3) is 0 Å². The largest absolute Gasteiger partial charge is 0.497 e. The highest BCUT2D eigenvalue weighted by molar-refractivity contribution is 6.31. The van der Waals surface area contributed by atoms with Crippen molar-refractivity contribution in [2.75, 3.05) is 19.5 Å². The van der Waals surface area contributed by atoms with Crippen LogP contribution < -0.4 is 20.1 Å². The molecule has 0 aliphatic heterocycles. The van der Waals surface area contributed by atoms with E-state index >= 15 is 0 Å². The van der Waals surface area contributed by atoms with Crippen LogP contribution in [0.5, 0.6) is 11.5 Å². The maximum Gasteiger partial charge on any atom is 0.239 e. The first kappa shape index (κ1) is 20.6. The molecule has 2 rings (SSSR count). The third-order valence-corrected chi connectivity index (χ3v) is 4.39. The zero-order chi connectivity index (χ0) is 20.0. The van der Waals surface area contributed by atoms with Gasteiger partial charge in [0, 0.05) is 11.6 Å². The van der Waals surface area contributed by atoms with Gasteiger partial charge in [0.25, 0.3) is 0 Å². The molecule has 2 N–H and O–H groups in total. The molecular weight excluding hydrogens is 368 g/mol. The molecular formula is C20H23ClN2O4. The second-order valence-corrected chi connectivity index (χ2v) is 6.89. The molecule has 0 aliphatic rings. The SMILES string of the molecule is COc1ccc(CNC(=O)C(C)(C)C(=O)Nc2cc(Cl)ccc2OC)cc1. The van der Waals surface area contributed by atoms with Crippen LogP contribution in [0.2, 0.25) is 5.02 Å². The number of benzene rings is 2. The van der Waals surface area contributed by atoms with E-state index in [-0.39, 0.29) is 0 Å². The first-order chi connectivity index (χ1) is 12.8. The van der Waals surface area contributed by atoms with E-state index in [2.05, 4.69) is 10.6 Å². The quantitative estimate of drug-likeness (QED) is 0.707. The fourth-order valence-corrected chi connectivity index (χ4v) is 2.48. The van der Waals surface area contributed by atoms with Crippen LogP contribution in [-0.4, -0.2) is 26.0 Å². The smallest absolute Gasteiger partial charge is 0.239 e. The van der Waals surface area contributed by atoms with Crippen molar-refractivity contribution in [2.45, 2.75) is 20.4 Å². The van der Waals surface area contributed by atoms with Gasteiger partial charge < -0.3 is 20.1 Å². The lowest BCUT2D eigenvalue weighted by Gasteiger charge is -2.23. The molecule has 7 heteroatoms. The number of nitrogens with one attached hydrogen (secondary N) is 2. The summed E-state index contributed by atoms with van der Waals surface area (Å²) < 4.78 is 10.3. The number of ether oxygens (including phenoxy) is 2. The number of halogens is 1.